The average Bonchev–Trinajstić information content (AvgIpc) is 2.95. The zero-order valence-electron chi connectivity index (χ0n) is 27.1. The molecule has 39 heavy (non-hydrogen) atoms. The Morgan fingerprint density at radius 3 is 1.51 bits per heavy atom. The van der Waals surface area contributed by atoms with Crippen molar-refractivity contribution in [2.75, 3.05) is 23.9 Å². The van der Waals surface area contributed by atoms with Crippen molar-refractivity contribution >= 4 is 33.1 Å². The standard InChI is InChI=1S/C9H11N2O2.C7H8.C4H6O3S.5C2H6.Y/c1-6(12)11-8-4-3-7(10-2)5-9(8)13;1-7-5-3-2-4-6-7;1-4(3-5)8(2,6)7;5*1-2;/h4-5,10,13H,1-2H3,(H,11,12);2-6H,1H3;1-2H3;5*1-2H3;/q-1;;;;;;;;. The van der Waals surface area contributed by atoms with Crippen LogP contribution in [0.25, 0.3) is 0 Å². The number of hydrogen-bond donors (Lipinski definition) is 3. The summed E-state index contributed by atoms with van der Waals surface area (Å²) in [6.45, 7) is 24.7. The summed E-state index contributed by atoms with van der Waals surface area (Å²) in [5.41, 5.74) is 2.36. The molecule has 3 N–H and O–H groups in total. The van der Waals surface area contributed by atoms with E-state index in [2.05, 4.69) is 35.8 Å². The molecule has 0 atom stereocenters. The van der Waals surface area contributed by atoms with Crippen LogP contribution in [0.15, 0.2) is 47.4 Å². The molecular weight excluding hydrogens is 589 g/mol. The second kappa shape index (κ2) is 40.5. The van der Waals surface area contributed by atoms with Crippen LogP contribution in [0.1, 0.15) is 88.6 Å². The van der Waals surface area contributed by atoms with Crippen LogP contribution in [0.2, 0.25) is 0 Å². The Bertz CT molecular complexity index is 930. The van der Waals surface area contributed by atoms with Crippen LogP contribution in [-0.4, -0.2) is 38.7 Å². The first-order valence-electron chi connectivity index (χ1n) is 13.1. The Balaban J connectivity index is -0.0000000691. The zero-order chi connectivity index (χ0) is 31.7. The van der Waals surface area contributed by atoms with Crippen molar-refractivity contribution in [1.82, 2.24) is 0 Å². The van der Waals surface area contributed by atoms with Gasteiger partial charge >= 0.3 is 0 Å². The first-order chi connectivity index (χ1) is 18.0. The number of benzene rings is 2. The van der Waals surface area contributed by atoms with E-state index in [0.717, 1.165) is 6.26 Å². The smallest absolute Gasteiger partial charge is 0.210 e. The van der Waals surface area contributed by atoms with Gasteiger partial charge in [-0.1, -0.05) is 111 Å². The molecule has 9 heteroatoms. The van der Waals surface area contributed by atoms with Crippen LogP contribution in [-0.2, 0) is 52.1 Å². The molecule has 7 nitrogen and oxygen atoms in total. The van der Waals surface area contributed by atoms with Crippen molar-refractivity contribution in [3.63, 3.8) is 0 Å². The minimum atomic E-state index is -3.26. The normalized spacial score (nSPS) is 7.56. The summed E-state index contributed by atoms with van der Waals surface area (Å²) in [4.78, 5) is 20.0. The fourth-order valence-corrected chi connectivity index (χ4v) is 1.68. The molecule has 0 saturated heterocycles. The van der Waals surface area contributed by atoms with Gasteiger partial charge in [0.05, 0.1) is 0 Å². The molecule has 2 aromatic rings. The molecule has 0 aromatic heterocycles. The van der Waals surface area contributed by atoms with E-state index in [0.29, 0.717) is 11.4 Å². The predicted molar refractivity (Wildman–Crippen MR) is 168 cm³/mol. The Labute approximate surface area is 266 Å². The van der Waals surface area contributed by atoms with Gasteiger partial charge in [-0.3, -0.25) is 4.79 Å². The van der Waals surface area contributed by atoms with Crippen LogP contribution in [0.3, 0.4) is 0 Å². The van der Waals surface area contributed by atoms with E-state index in [1.54, 1.807) is 7.05 Å². The number of phenols is 1. The van der Waals surface area contributed by atoms with Gasteiger partial charge in [0.25, 0.3) is 0 Å². The molecule has 0 bridgehead atoms. The maximum Gasteiger partial charge on any atom is 0.210 e. The van der Waals surface area contributed by atoms with E-state index < -0.39 is 9.84 Å². The molecule has 1 amide bonds. The molecule has 2 rings (SSSR count). The van der Waals surface area contributed by atoms with Gasteiger partial charge < -0.3 is 15.7 Å². The summed E-state index contributed by atoms with van der Waals surface area (Å²) >= 11 is 0. The number of sulfone groups is 1. The maximum absolute atomic E-state index is 10.7. The Kier molecular flexibility index (Phi) is 55.4. The fourth-order valence-electron chi connectivity index (χ4n) is 1.52. The van der Waals surface area contributed by atoms with Crippen LogP contribution >= 0.6 is 0 Å². The number of hydrogen-bond acceptors (Lipinski definition) is 6. The van der Waals surface area contributed by atoms with Crippen LogP contribution in [0.5, 0.6) is 5.75 Å². The summed E-state index contributed by atoms with van der Waals surface area (Å²) < 4.78 is 20.5. The molecule has 2 aromatic carbocycles. The van der Waals surface area contributed by atoms with Crippen molar-refractivity contribution in [3.8, 4) is 5.75 Å². The molecule has 225 valence electrons. The molecule has 0 unspecified atom stereocenters. The molecule has 0 aliphatic carbocycles. The van der Waals surface area contributed by atoms with Crippen molar-refractivity contribution < 1.29 is 55.8 Å². The predicted octanol–water partition coefficient (Wildman–Crippen LogP) is 8.08. The van der Waals surface area contributed by atoms with E-state index in [4.69, 9.17) is 0 Å². The van der Waals surface area contributed by atoms with Gasteiger partial charge in [0.1, 0.15) is 10.8 Å². The topological polar surface area (TPSA) is 113 Å². The number of nitrogens with one attached hydrogen (secondary N) is 2. The van der Waals surface area contributed by atoms with E-state index in [1.165, 1.54) is 37.5 Å². The second-order valence-corrected chi connectivity index (χ2v) is 7.82. The number of amides is 1. The Morgan fingerprint density at radius 2 is 1.31 bits per heavy atom. The number of aromatic hydroxyl groups is 1. The first-order valence-corrected chi connectivity index (χ1v) is 15.0. The summed E-state index contributed by atoms with van der Waals surface area (Å²) in [7, 11) is -1.53. The number of aryl methyl sites for hydroxylation is 1. The van der Waals surface area contributed by atoms with Crippen LogP contribution < -0.4 is 10.6 Å². The largest absolute Gasteiger partial charge is 0.531 e. The third kappa shape index (κ3) is 38.2. The number of phenolic OH excluding ortho intramolecular Hbond substituents is 1. The molecule has 0 fully saturated rings. The summed E-state index contributed by atoms with van der Waals surface area (Å²) in [5.74, 6) is 1.09. The van der Waals surface area contributed by atoms with Crippen molar-refractivity contribution in [2.24, 2.45) is 0 Å². The van der Waals surface area contributed by atoms with E-state index in [9.17, 15) is 23.1 Å². The summed E-state index contributed by atoms with van der Waals surface area (Å²) in [5, 5.41) is 14.7. The van der Waals surface area contributed by atoms with Gasteiger partial charge in [0.15, 0.2) is 9.84 Å². The molecule has 0 heterocycles. The second-order valence-electron chi connectivity index (χ2n) is 5.66. The van der Waals surface area contributed by atoms with Crippen LogP contribution in [0, 0.1) is 13.0 Å². The monoisotopic (exact) mass is 644 g/mol. The molecule has 0 aliphatic rings. The number of carbonyl (C=O) groups excluding carboxylic acids is 2. The van der Waals surface area contributed by atoms with Crippen molar-refractivity contribution in [2.45, 2.75) is 90.0 Å². The molecular formula is C30H55N2O5SY-. The third-order valence-electron chi connectivity index (χ3n) is 3.15. The SMILES string of the molecule is CC.CC.CC.CC.CC.CC(=C=O)S(C)(=O)=O.CNc1[c-]cc(NC(C)=O)c(O)c1.Cc1ccccc1.[Y]. The molecule has 1 radical (unpaired) electrons. The van der Waals surface area contributed by atoms with Gasteiger partial charge in [-0.2, -0.15) is 6.07 Å². The molecule has 0 saturated carbocycles. The van der Waals surface area contributed by atoms with E-state index in [-0.39, 0.29) is 49.3 Å². The number of allylic oxidation sites excluding steroid dienone is 1. The van der Waals surface area contributed by atoms with E-state index in [1.807, 2.05) is 87.4 Å². The summed E-state index contributed by atoms with van der Waals surface area (Å²) in [6, 6.07) is 16.1. The first kappa shape index (κ1) is 53.3. The number of carbonyl (C=O) groups is 1. The Hall–Kier alpha value is -1.99. The van der Waals surface area contributed by atoms with E-state index >= 15 is 0 Å². The number of rotatable bonds is 3. The van der Waals surface area contributed by atoms with Gasteiger partial charge in [-0.15, -0.1) is 12.1 Å². The summed E-state index contributed by atoms with van der Waals surface area (Å²) in [6.07, 6.45) is 0.966. The average molecular weight is 645 g/mol. The Morgan fingerprint density at radius 1 is 0.897 bits per heavy atom. The van der Waals surface area contributed by atoms with Gasteiger partial charge in [-0.05, 0) is 19.5 Å². The van der Waals surface area contributed by atoms with Gasteiger partial charge in [0, 0.05) is 58.7 Å². The fraction of sp³-hybridized carbons (Fsp3) is 0.500. The minimum absolute atomic E-state index is 0. The molecule has 0 aliphatic heterocycles. The van der Waals surface area contributed by atoms with Gasteiger partial charge in [0.2, 0.25) is 5.91 Å². The quantitative estimate of drug-likeness (QED) is 0.177. The zero-order valence-corrected chi connectivity index (χ0v) is 30.8. The maximum atomic E-state index is 10.7. The number of anilines is 2. The van der Waals surface area contributed by atoms with Crippen molar-refractivity contribution in [3.05, 3.63) is 59.0 Å². The minimum Gasteiger partial charge on any atom is -0.531 e. The van der Waals surface area contributed by atoms with Crippen LogP contribution in [0.4, 0.5) is 11.4 Å². The van der Waals surface area contributed by atoms with Gasteiger partial charge in [-0.25, -0.2) is 13.2 Å². The third-order valence-corrected chi connectivity index (χ3v) is 4.35. The van der Waals surface area contributed by atoms with Crippen molar-refractivity contribution in [1.29, 1.82) is 0 Å². The molecule has 0 spiro atoms.